The van der Waals surface area contributed by atoms with Gasteiger partial charge in [0, 0.05) is 0 Å². The van der Waals surface area contributed by atoms with Crippen LogP contribution in [-0.4, -0.2) is 18.2 Å². The molecule has 0 amide bonds. The zero-order chi connectivity index (χ0) is 19.7. The molecule has 0 aliphatic heterocycles. The summed E-state index contributed by atoms with van der Waals surface area (Å²) in [6.45, 7) is 2.27. The van der Waals surface area contributed by atoms with E-state index in [1.54, 1.807) is 19.2 Å². The number of carboxylic acids is 1. The number of hydrogen-bond donors (Lipinski definition) is 1. The third-order valence-electron chi connectivity index (χ3n) is 5.34. The second-order valence-corrected chi connectivity index (χ2v) is 7.67. The summed E-state index contributed by atoms with van der Waals surface area (Å²) in [6, 6.07) is 5.24. The maximum absolute atomic E-state index is 11.3. The van der Waals surface area contributed by atoms with E-state index in [9.17, 15) is 9.90 Å². The van der Waals surface area contributed by atoms with Crippen molar-refractivity contribution in [1.29, 1.82) is 0 Å². The van der Waals surface area contributed by atoms with Crippen LogP contribution in [0.15, 0.2) is 18.2 Å². The lowest BCUT2D eigenvalue weighted by atomic mass is 9.99. The lowest BCUT2D eigenvalue weighted by molar-refractivity contribution is 0.0695. The fourth-order valence-corrected chi connectivity index (χ4v) is 3.62. The number of rotatable bonds is 17. The Morgan fingerprint density at radius 3 is 1.74 bits per heavy atom. The van der Waals surface area contributed by atoms with Gasteiger partial charge < -0.3 is 9.84 Å². The average molecular weight is 377 g/mol. The van der Waals surface area contributed by atoms with E-state index in [0.717, 1.165) is 24.2 Å². The Morgan fingerprint density at radius 2 is 1.30 bits per heavy atom. The molecular formula is C24H40O3. The van der Waals surface area contributed by atoms with Crippen LogP contribution < -0.4 is 4.74 Å². The van der Waals surface area contributed by atoms with Crippen molar-refractivity contribution in [3.8, 4) is 5.75 Å². The fourth-order valence-electron chi connectivity index (χ4n) is 3.62. The Labute approximate surface area is 166 Å². The van der Waals surface area contributed by atoms with Gasteiger partial charge in [0.1, 0.15) is 5.75 Å². The van der Waals surface area contributed by atoms with Gasteiger partial charge in [-0.15, -0.1) is 0 Å². The van der Waals surface area contributed by atoms with E-state index in [-0.39, 0.29) is 0 Å². The standard InChI is InChI=1S/C24H40O3/c1-3-4-5-6-7-8-9-10-11-12-13-14-15-16-17-21-20-22(27-2)18-19-23(21)24(25)26/h18-20H,3-17H2,1-2H3,(H,25,26). The third-order valence-corrected chi connectivity index (χ3v) is 5.34. The van der Waals surface area contributed by atoms with E-state index in [0.29, 0.717) is 5.56 Å². The van der Waals surface area contributed by atoms with Crippen molar-refractivity contribution >= 4 is 5.97 Å². The summed E-state index contributed by atoms with van der Waals surface area (Å²) in [5.41, 5.74) is 1.30. The van der Waals surface area contributed by atoms with Crippen LogP contribution >= 0.6 is 0 Å². The minimum absolute atomic E-state index is 0.408. The van der Waals surface area contributed by atoms with Gasteiger partial charge in [-0.25, -0.2) is 4.79 Å². The van der Waals surface area contributed by atoms with Crippen LogP contribution in [-0.2, 0) is 6.42 Å². The van der Waals surface area contributed by atoms with E-state index in [2.05, 4.69) is 6.92 Å². The van der Waals surface area contributed by atoms with Crippen molar-refractivity contribution in [2.75, 3.05) is 7.11 Å². The molecule has 0 saturated carbocycles. The number of carboxylic acid groups (broad SMARTS) is 1. The number of benzene rings is 1. The second-order valence-electron chi connectivity index (χ2n) is 7.67. The van der Waals surface area contributed by atoms with Gasteiger partial charge in [-0.1, -0.05) is 90.4 Å². The molecule has 0 spiro atoms. The summed E-state index contributed by atoms with van der Waals surface area (Å²) in [7, 11) is 1.62. The van der Waals surface area contributed by atoms with Crippen molar-refractivity contribution in [2.45, 2.75) is 103 Å². The molecule has 1 N–H and O–H groups in total. The maximum atomic E-state index is 11.3. The summed E-state index contributed by atoms with van der Waals surface area (Å²) < 4.78 is 5.22. The predicted octanol–water partition coefficient (Wildman–Crippen LogP) is 7.42. The highest BCUT2D eigenvalue weighted by Gasteiger charge is 2.10. The molecule has 27 heavy (non-hydrogen) atoms. The van der Waals surface area contributed by atoms with Crippen LogP contribution in [0.3, 0.4) is 0 Å². The van der Waals surface area contributed by atoms with Crippen molar-refractivity contribution in [3.63, 3.8) is 0 Å². The Bertz CT molecular complexity index is 510. The number of unbranched alkanes of at least 4 members (excludes halogenated alkanes) is 13. The highest BCUT2D eigenvalue weighted by Crippen LogP contribution is 2.21. The van der Waals surface area contributed by atoms with E-state index in [1.807, 2.05) is 6.07 Å². The molecule has 0 aromatic heterocycles. The van der Waals surface area contributed by atoms with Crippen LogP contribution in [0, 0.1) is 0 Å². The third kappa shape index (κ3) is 11.0. The van der Waals surface area contributed by atoms with Gasteiger partial charge in [-0.3, -0.25) is 0 Å². The molecule has 1 aromatic rings. The van der Waals surface area contributed by atoms with E-state index < -0.39 is 5.97 Å². The van der Waals surface area contributed by atoms with Crippen LogP contribution in [0.1, 0.15) is 113 Å². The molecule has 0 heterocycles. The highest BCUT2D eigenvalue weighted by molar-refractivity contribution is 5.89. The molecule has 0 fully saturated rings. The Balaban J connectivity index is 2.02. The highest BCUT2D eigenvalue weighted by atomic mass is 16.5. The molecule has 0 aliphatic carbocycles. The number of carbonyl (C=O) groups is 1. The quantitative estimate of drug-likeness (QED) is 0.288. The Hall–Kier alpha value is -1.51. The molecule has 0 unspecified atom stereocenters. The summed E-state index contributed by atoms with van der Waals surface area (Å²) in [6.07, 6.45) is 19.5. The molecule has 0 bridgehead atoms. The summed E-state index contributed by atoms with van der Waals surface area (Å²) >= 11 is 0. The molecule has 1 aromatic carbocycles. The van der Waals surface area contributed by atoms with Crippen LogP contribution in [0.5, 0.6) is 5.75 Å². The Morgan fingerprint density at radius 1 is 0.815 bits per heavy atom. The first-order valence-electron chi connectivity index (χ1n) is 11.1. The minimum Gasteiger partial charge on any atom is -0.497 e. The van der Waals surface area contributed by atoms with Crippen molar-refractivity contribution in [1.82, 2.24) is 0 Å². The lowest BCUT2D eigenvalue weighted by Crippen LogP contribution is -2.03. The minimum atomic E-state index is -0.849. The summed E-state index contributed by atoms with van der Waals surface area (Å²) in [4.78, 5) is 11.3. The molecule has 3 nitrogen and oxygen atoms in total. The topological polar surface area (TPSA) is 46.5 Å². The van der Waals surface area contributed by atoms with Crippen LogP contribution in [0.25, 0.3) is 0 Å². The van der Waals surface area contributed by atoms with Gasteiger partial charge in [0.2, 0.25) is 0 Å². The summed E-state index contributed by atoms with van der Waals surface area (Å²) in [5, 5.41) is 9.30. The van der Waals surface area contributed by atoms with Crippen molar-refractivity contribution in [3.05, 3.63) is 29.3 Å². The lowest BCUT2D eigenvalue weighted by Gasteiger charge is -2.09. The van der Waals surface area contributed by atoms with Gasteiger partial charge in [-0.2, -0.15) is 0 Å². The fraction of sp³-hybridized carbons (Fsp3) is 0.708. The zero-order valence-corrected chi connectivity index (χ0v) is 17.6. The number of aromatic carboxylic acids is 1. The number of hydrogen-bond acceptors (Lipinski definition) is 2. The van der Waals surface area contributed by atoms with Crippen molar-refractivity contribution in [2.24, 2.45) is 0 Å². The van der Waals surface area contributed by atoms with E-state index in [1.165, 1.54) is 83.5 Å². The zero-order valence-electron chi connectivity index (χ0n) is 17.6. The second kappa shape index (κ2) is 15.5. The van der Waals surface area contributed by atoms with Crippen LogP contribution in [0.4, 0.5) is 0 Å². The molecule has 0 radical (unpaired) electrons. The monoisotopic (exact) mass is 376 g/mol. The van der Waals surface area contributed by atoms with Gasteiger partial charge in [0.25, 0.3) is 0 Å². The summed E-state index contributed by atoms with van der Waals surface area (Å²) in [5.74, 6) is -0.113. The van der Waals surface area contributed by atoms with Gasteiger partial charge in [0.05, 0.1) is 12.7 Å². The molecule has 1 rings (SSSR count). The maximum Gasteiger partial charge on any atom is 0.335 e. The van der Waals surface area contributed by atoms with Crippen LogP contribution in [0.2, 0.25) is 0 Å². The molecule has 3 heteroatoms. The smallest absolute Gasteiger partial charge is 0.335 e. The molecule has 154 valence electrons. The first-order valence-corrected chi connectivity index (χ1v) is 11.1. The first-order chi connectivity index (χ1) is 13.2. The normalized spacial score (nSPS) is 10.9. The average Bonchev–Trinajstić information content (AvgIpc) is 2.67. The predicted molar refractivity (Wildman–Crippen MR) is 114 cm³/mol. The largest absolute Gasteiger partial charge is 0.497 e. The first kappa shape index (κ1) is 23.5. The number of aryl methyl sites for hydroxylation is 1. The van der Waals surface area contributed by atoms with Gasteiger partial charge >= 0.3 is 5.97 Å². The number of ether oxygens (including phenoxy) is 1. The van der Waals surface area contributed by atoms with E-state index in [4.69, 9.17) is 4.74 Å². The number of methoxy groups -OCH3 is 1. The van der Waals surface area contributed by atoms with E-state index >= 15 is 0 Å². The van der Waals surface area contributed by atoms with Gasteiger partial charge in [0.15, 0.2) is 0 Å². The van der Waals surface area contributed by atoms with Crippen molar-refractivity contribution < 1.29 is 14.6 Å². The molecule has 0 atom stereocenters. The van der Waals surface area contributed by atoms with Gasteiger partial charge in [-0.05, 0) is 36.6 Å². The molecular weight excluding hydrogens is 336 g/mol. The molecule has 0 aliphatic rings. The molecule has 0 saturated heterocycles. The Kier molecular flexibility index (Phi) is 13.5. The SMILES string of the molecule is CCCCCCCCCCCCCCCCc1cc(OC)ccc1C(=O)O.